The molecule has 1 heterocycles. The maximum Gasteiger partial charge on any atom is 0.262 e. The number of rotatable bonds is 1. The molecule has 1 aliphatic carbocycles. The Kier molecular flexibility index (Phi) is 2.88. The van der Waals surface area contributed by atoms with E-state index in [0.29, 0.717) is 0 Å². The van der Waals surface area contributed by atoms with Crippen molar-refractivity contribution in [2.24, 2.45) is 0 Å². The van der Waals surface area contributed by atoms with Crippen molar-refractivity contribution in [3.8, 4) is 0 Å². The fraction of sp³-hybridized carbons (Fsp3) is 0.211. The zero-order chi connectivity index (χ0) is 14.2. The van der Waals surface area contributed by atoms with Crippen molar-refractivity contribution in [2.75, 3.05) is 0 Å². The molecule has 0 unspecified atom stereocenters. The largest absolute Gasteiger partial charge is 0.283 e. The van der Waals surface area contributed by atoms with E-state index >= 15 is 0 Å². The molecular weight excluding hydrogens is 258 g/mol. The molecule has 0 fully saturated rings. The molecular formula is C19H17NO. The lowest BCUT2D eigenvalue weighted by molar-refractivity contribution is 0.0965. The second-order valence-corrected chi connectivity index (χ2v) is 5.74. The Morgan fingerprint density at radius 1 is 0.905 bits per heavy atom. The quantitative estimate of drug-likeness (QED) is 0.652. The highest BCUT2D eigenvalue weighted by atomic mass is 16.2. The van der Waals surface area contributed by atoms with Gasteiger partial charge in [-0.05, 0) is 61.1 Å². The van der Waals surface area contributed by atoms with Gasteiger partial charge in [-0.1, -0.05) is 24.3 Å². The summed E-state index contributed by atoms with van der Waals surface area (Å²) >= 11 is 0. The van der Waals surface area contributed by atoms with Gasteiger partial charge >= 0.3 is 0 Å². The van der Waals surface area contributed by atoms with E-state index in [1.807, 2.05) is 42.6 Å². The van der Waals surface area contributed by atoms with Crippen LogP contribution in [0, 0.1) is 0 Å². The Bertz CT molecular complexity index is 828. The van der Waals surface area contributed by atoms with Gasteiger partial charge in [-0.3, -0.25) is 9.36 Å². The maximum atomic E-state index is 12.8. The van der Waals surface area contributed by atoms with Gasteiger partial charge in [0.1, 0.15) is 0 Å². The minimum Gasteiger partial charge on any atom is -0.283 e. The third kappa shape index (κ3) is 2.07. The molecule has 2 nitrogen and oxygen atoms in total. The van der Waals surface area contributed by atoms with E-state index in [1.54, 1.807) is 4.57 Å². The Morgan fingerprint density at radius 3 is 2.62 bits per heavy atom. The Labute approximate surface area is 124 Å². The molecule has 2 heteroatoms. The molecule has 4 rings (SSSR count). The number of carbonyl (C=O) groups excluding carboxylic acids is 1. The molecule has 0 spiro atoms. The van der Waals surface area contributed by atoms with Crippen molar-refractivity contribution >= 4 is 16.8 Å². The number of nitrogens with zero attached hydrogens (tertiary/aromatic N) is 1. The van der Waals surface area contributed by atoms with E-state index in [9.17, 15) is 4.79 Å². The van der Waals surface area contributed by atoms with Crippen LogP contribution in [0.25, 0.3) is 10.9 Å². The molecule has 0 saturated heterocycles. The van der Waals surface area contributed by atoms with Gasteiger partial charge in [0.15, 0.2) is 0 Å². The number of aromatic nitrogens is 1. The van der Waals surface area contributed by atoms with Crippen molar-refractivity contribution in [1.29, 1.82) is 0 Å². The van der Waals surface area contributed by atoms with Crippen molar-refractivity contribution in [2.45, 2.75) is 25.7 Å². The molecule has 1 aromatic heterocycles. The smallest absolute Gasteiger partial charge is 0.262 e. The van der Waals surface area contributed by atoms with Crippen LogP contribution in [0.4, 0.5) is 0 Å². The van der Waals surface area contributed by atoms with Crippen molar-refractivity contribution in [1.82, 2.24) is 4.57 Å². The van der Waals surface area contributed by atoms with Crippen LogP contribution in [0.15, 0.2) is 54.7 Å². The molecule has 0 aliphatic heterocycles. The fourth-order valence-corrected chi connectivity index (χ4v) is 3.27. The number of hydrogen-bond donors (Lipinski definition) is 0. The highest BCUT2D eigenvalue weighted by Crippen LogP contribution is 2.23. The highest BCUT2D eigenvalue weighted by molar-refractivity contribution is 6.02. The van der Waals surface area contributed by atoms with E-state index in [2.05, 4.69) is 12.1 Å². The van der Waals surface area contributed by atoms with Crippen molar-refractivity contribution in [3.05, 3.63) is 71.4 Å². The summed E-state index contributed by atoms with van der Waals surface area (Å²) in [7, 11) is 0. The summed E-state index contributed by atoms with van der Waals surface area (Å²) in [4.78, 5) is 12.8. The van der Waals surface area contributed by atoms with Gasteiger partial charge < -0.3 is 0 Å². The Hall–Kier alpha value is -2.35. The van der Waals surface area contributed by atoms with Crippen LogP contribution in [0.5, 0.6) is 0 Å². The predicted octanol–water partition coefficient (Wildman–Crippen LogP) is 4.21. The van der Waals surface area contributed by atoms with Gasteiger partial charge in [-0.15, -0.1) is 0 Å². The molecule has 1 aliphatic rings. The Balaban J connectivity index is 1.77. The topological polar surface area (TPSA) is 22.0 Å². The van der Waals surface area contributed by atoms with Crippen LogP contribution in [0.1, 0.15) is 34.3 Å². The molecule has 104 valence electrons. The standard InChI is InChI=1S/C19H17NO/c21-19(20-12-11-15-6-3-4-8-18(15)20)17-10-9-14-5-1-2-7-16(14)13-17/h3-4,6,8-13H,1-2,5,7H2. The van der Waals surface area contributed by atoms with Crippen LogP contribution >= 0.6 is 0 Å². The maximum absolute atomic E-state index is 12.8. The first-order chi connectivity index (χ1) is 10.3. The number of aryl methyl sites for hydroxylation is 2. The fourth-order valence-electron chi connectivity index (χ4n) is 3.27. The SMILES string of the molecule is O=C(c1ccc2c(c1)CCCC2)n1ccc2ccccc21. The number of benzene rings is 2. The third-order valence-corrected chi connectivity index (χ3v) is 4.41. The first-order valence-corrected chi connectivity index (χ1v) is 7.55. The lowest BCUT2D eigenvalue weighted by Gasteiger charge is -2.16. The van der Waals surface area contributed by atoms with Crippen molar-refractivity contribution < 1.29 is 4.79 Å². The first-order valence-electron chi connectivity index (χ1n) is 7.55. The molecule has 2 aromatic carbocycles. The van der Waals surface area contributed by atoms with E-state index < -0.39 is 0 Å². The van der Waals surface area contributed by atoms with Gasteiger partial charge in [0, 0.05) is 17.1 Å². The average Bonchev–Trinajstić information content (AvgIpc) is 2.98. The van der Waals surface area contributed by atoms with E-state index in [4.69, 9.17) is 0 Å². The Morgan fingerprint density at radius 2 is 1.71 bits per heavy atom. The summed E-state index contributed by atoms with van der Waals surface area (Å²) in [5.41, 5.74) is 4.52. The van der Waals surface area contributed by atoms with E-state index in [-0.39, 0.29) is 5.91 Å². The second-order valence-electron chi connectivity index (χ2n) is 5.74. The second kappa shape index (κ2) is 4.88. The summed E-state index contributed by atoms with van der Waals surface area (Å²) in [6, 6.07) is 16.2. The number of carbonyl (C=O) groups is 1. The third-order valence-electron chi connectivity index (χ3n) is 4.41. The predicted molar refractivity (Wildman–Crippen MR) is 84.8 cm³/mol. The minimum atomic E-state index is 0.0598. The number of hydrogen-bond acceptors (Lipinski definition) is 1. The minimum absolute atomic E-state index is 0.0598. The van der Waals surface area contributed by atoms with Crippen LogP contribution in [-0.4, -0.2) is 10.5 Å². The zero-order valence-electron chi connectivity index (χ0n) is 11.9. The summed E-state index contributed by atoms with van der Waals surface area (Å²) in [6.45, 7) is 0. The summed E-state index contributed by atoms with van der Waals surface area (Å²) < 4.78 is 1.75. The lowest BCUT2D eigenvalue weighted by Crippen LogP contribution is -2.12. The number of para-hydroxylation sites is 1. The molecule has 0 bridgehead atoms. The van der Waals surface area contributed by atoms with Gasteiger partial charge in [0.05, 0.1) is 5.52 Å². The molecule has 3 aromatic rings. The van der Waals surface area contributed by atoms with Gasteiger partial charge in [0.2, 0.25) is 0 Å². The molecule has 0 saturated carbocycles. The molecule has 21 heavy (non-hydrogen) atoms. The lowest BCUT2D eigenvalue weighted by atomic mass is 9.90. The average molecular weight is 275 g/mol. The van der Waals surface area contributed by atoms with Crippen LogP contribution < -0.4 is 0 Å². The summed E-state index contributed by atoms with van der Waals surface area (Å²) in [5.74, 6) is 0.0598. The van der Waals surface area contributed by atoms with E-state index in [1.165, 1.54) is 24.0 Å². The summed E-state index contributed by atoms with van der Waals surface area (Å²) in [6.07, 6.45) is 6.62. The van der Waals surface area contributed by atoms with Crippen LogP contribution in [-0.2, 0) is 12.8 Å². The normalized spacial score (nSPS) is 14.1. The molecule has 0 radical (unpaired) electrons. The van der Waals surface area contributed by atoms with Gasteiger partial charge in [-0.25, -0.2) is 0 Å². The van der Waals surface area contributed by atoms with Crippen LogP contribution in [0.2, 0.25) is 0 Å². The zero-order valence-corrected chi connectivity index (χ0v) is 11.9. The molecule has 0 N–H and O–H groups in total. The van der Waals surface area contributed by atoms with Gasteiger partial charge in [0.25, 0.3) is 5.91 Å². The number of fused-ring (bicyclic) bond motifs is 2. The van der Waals surface area contributed by atoms with E-state index in [0.717, 1.165) is 29.3 Å². The molecule has 0 atom stereocenters. The van der Waals surface area contributed by atoms with Crippen LogP contribution in [0.3, 0.4) is 0 Å². The summed E-state index contributed by atoms with van der Waals surface area (Å²) in [5, 5.41) is 1.10. The first kappa shape index (κ1) is 12.4. The van der Waals surface area contributed by atoms with Crippen molar-refractivity contribution in [3.63, 3.8) is 0 Å². The highest BCUT2D eigenvalue weighted by Gasteiger charge is 2.15. The van der Waals surface area contributed by atoms with Gasteiger partial charge in [-0.2, -0.15) is 0 Å². The monoisotopic (exact) mass is 275 g/mol. The molecule has 0 amide bonds.